The molecule has 2 aliphatic rings. The van der Waals surface area contributed by atoms with Crippen molar-refractivity contribution in [2.24, 2.45) is 5.92 Å². The predicted octanol–water partition coefficient (Wildman–Crippen LogP) is 2.07. The van der Waals surface area contributed by atoms with Crippen LogP contribution in [-0.4, -0.2) is 42.3 Å². The van der Waals surface area contributed by atoms with E-state index in [1.807, 2.05) is 0 Å². The first-order valence-corrected chi connectivity index (χ1v) is 7.71. The summed E-state index contributed by atoms with van der Waals surface area (Å²) >= 11 is 0. The SMILES string of the molecule is OC1CC(c2ccc(F)c(F)c2)N(CC2CCNCC2)C1. The zero-order valence-corrected chi connectivity index (χ0v) is 12.1. The summed E-state index contributed by atoms with van der Waals surface area (Å²) in [5, 5.41) is 13.3. The van der Waals surface area contributed by atoms with Crippen molar-refractivity contribution >= 4 is 0 Å². The van der Waals surface area contributed by atoms with E-state index in [0.29, 0.717) is 18.9 Å². The van der Waals surface area contributed by atoms with Crippen LogP contribution in [-0.2, 0) is 0 Å². The Morgan fingerprint density at radius 3 is 2.67 bits per heavy atom. The van der Waals surface area contributed by atoms with Crippen molar-refractivity contribution in [1.82, 2.24) is 10.2 Å². The van der Waals surface area contributed by atoms with E-state index in [1.165, 1.54) is 12.1 Å². The minimum absolute atomic E-state index is 0.00927. The maximum absolute atomic E-state index is 13.5. The third-order valence-electron chi connectivity index (χ3n) is 4.66. The highest BCUT2D eigenvalue weighted by Gasteiger charge is 2.33. The van der Waals surface area contributed by atoms with Crippen molar-refractivity contribution in [3.63, 3.8) is 0 Å². The largest absolute Gasteiger partial charge is 0.392 e. The fourth-order valence-electron chi connectivity index (χ4n) is 3.54. The molecule has 0 amide bonds. The molecule has 0 aliphatic carbocycles. The lowest BCUT2D eigenvalue weighted by Gasteiger charge is -2.31. The molecule has 2 atom stereocenters. The number of halogens is 2. The lowest BCUT2D eigenvalue weighted by atomic mass is 9.96. The predicted molar refractivity (Wildman–Crippen MR) is 76.9 cm³/mol. The van der Waals surface area contributed by atoms with Gasteiger partial charge in [0.15, 0.2) is 11.6 Å². The van der Waals surface area contributed by atoms with Gasteiger partial charge >= 0.3 is 0 Å². The maximum Gasteiger partial charge on any atom is 0.159 e. The van der Waals surface area contributed by atoms with Gasteiger partial charge in [-0.15, -0.1) is 0 Å². The molecule has 2 heterocycles. The molecule has 0 spiro atoms. The van der Waals surface area contributed by atoms with Crippen LogP contribution in [0.1, 0.15) is 30.9 Å². The molecule has 2 aliphatic heterocycles. The highest BCUT2D eigenvalue weighted by atomic mass is 19.2. The van der Waals surface area contributed by atoms with Crippen LogP contribution in [0.4, 0.5) is 8.78 Å². The summed E-state index contributed by atoms with van der Waals surface area (Å²) in [6.07, 6.45) is 2.48. The van der Waals surface area contributed by atoms with E-state index in [1.54, 1.807) is 6.07 Å². The molecule has 0 bridgehead atoms. The van der Waals surface area contributed by atoms with Gasteiger partial charge in [0.2, 0.25) is 0 Å². The van der Waals surface area contributed by atoms with Crippen LogP contribution in [0.2, 0.25) is 0 Å². The summed E-state index contributed by atoms with van der Waals surface area (Å²) in [5.74, 6) is -1.01. The maximum atomic E-state index is 13.5. The van der Waals surface area contributed by atoms with Gasteiger partial charge in [0.1, 0.15) is 0 Å². The number of β-amino-alcohol motifs (C(OH)–C–C–N with tert-alkyl or cyclic N) is 1. The Labute approximate surface area is 124 Å². The molecule has 0 radical (unpaired) electrons. The smallest absolute Gasteiger partial charge is 0.159 e. The average Bonchev–Trinajstić information content (AvgIpc) is 2.84. The summed E-state index contributed by atoms with van der Waals surface area (Å²) < 4.78 is 26.5. The molecule has 116 valence electrons. The van der Waals surface area contributed by atoms with E-state index in [0.717, 1.165) is 38.0 Å². The van der Waals surface area contributed by atoms with E-state index in [-0.39, 0.29) is 12.1 Å². The highest BCUT2D eigenvalue weighted by molar-refractivity contribution is 5.22. The molecule has 0 aromatic heterocycles. The summed E-state index contributed by atoms with van der Waals surface area (Å²) in [4.78, 5) is 2.23. The molecule has 5 heteroatoms. The van der Waals surface area contributed by atoms with Crippen molar-refractivity contribution in [2.75, 3.05) is 26.2 Å². The molecular formula is C16H22F2N2O. The monoisotopic (exact) mass is 296 g/mol. The Morgan fingerprint density at radius 1 is 1.19 bits per heavy atom. The molecular weight excluding hydrogens is 274 g/mol. The molecule has 2 unspecified atom stereocenters. The number of aliphatic hydroxyl groups is 1. The fourth-order valence-corrected chi connectivity index (χ4v) is 3.54. The first-order valence-electron chi connectivity index (χ1n) is 7.71. The minimum atomic E-state index is -0.817. The van der Waals surface area contributed by atoms with Crippen molar-refractivity contribution in [2.45, 2.75) is 31.4 Å². The Morgan fingerprint density at radius 2 is 1.95 bits per heavy atom. The molecule has 2 saturated heterocycles. The van der Waals surface area contributed by atoms with E-state index in [4.69, 9.17) is 0 Å². The average molecular weight is 296 g/mol. The molecule has 1 aromatic rings. The van der Waals surface area contributed by atoms with Gasteiger partial charge in [-0.2, -0.15) is 0 Å². The number of likely N-dealkylation sites (tertiary alicyclic amines) is 1. The van der Waals surface area contributed by atoms with Crippen LogP contribution in [0.25, 0.3) is 0 Å². The summed E-state index contributed by atoms with van der Waals surface area (Å²) in [6, 6.07) is 4.08. The molecule has 2 fully saturated rings. The quantitative estimate of drug-likeness (QED) is 0.896. The minimum Gasteiger partial charge on any atom is -0.392 e. The second-order valence-electron chi connectivity index (χ2n) is 6.23. The number of hydrogen-bond acceptors (Lipinski definition) is 3. The molecule has 21 heavy (non-hydrogen) atoms. The zero-order chi connectivity index (χ0) is 14.8. The number of piperidine rings is 1. The van der Waals surface area contributed by atoms with Crippen molar-refractivity contribution in [3.8, 4) is 0 Å². The van der Waals surface area contributed by atoms with Crippen LogP contribution in [0.15, 0.2) is 18.2 Å². The Balaban J connectivity index is 1.73. The molecule has 2 N–H and O–H groups in total. The topological polar surface area (TPSA) is 35.5 Å². The molecule has 3 rings (SSSR count). The normalized spacial score (nSPS) is 28.1. The van der Waals surface area contributed by atoms with Gasteiger partial charge in [0, 0.05) is 19.1 Å². The van der Waals surface area contributed by atoms with Gasteiger partial charge in [-0.05, 0) is 56.0 Å². The van der Waals surface area contributed by atoms with E-state index >= 15 is 0 Å². The lowest BCUT2D eigenvalue weighted by molar-refractivity contribution is 0.157. The third kappa shape index (κ3) is 3.42. The first kappa shape index (κ1) is 14.9. The summed E-state index contributed by atoms with van der Waals surface area (Å²) in [6.45, 7) is 3.61. The standard InChI is InChI=1S/C16H22F2N2O/c17-14-2-1-12(7-15(14)18)16-8-13(21)10-20(16)9-11-3-5-19-6-4-11/h1-2,7,11,13,16,19,21H,3-6,8-10H2. The fraction of sp³-hybridized carbons (Fsp3) is 0.625. The van der Waals surface area contributed by atoms with Crippen LogP contribution < -0.4 is 5.32 Å². The number of benzene rings is 1. The van der Waals surface area contributed by atoms with Crippen LogP contribution in [0, 0.1) is 17.6 Å². The number of rotatable bonds is 3. The molecule has 0 saturated carbocycles. The summed E-state index contributed by atoms with van der Waals surface area (Å²) in [5.41, 5.74) is 0.763. The summed E-state index contributed by atoms with van der Waals surface area (Å²) in [7, 11) is 0. The van der Waals surface area contributed by atoms with Gasteiger partial charge in [0.25, 0.3) is 0 Å². The van der Waals surface area contributed by atoms with Gasteiger partial charge in [-0.1, -0.05) is 6.07 Å². The van der Waals surface area contributed by atoms with Crippen LogP contribution >= 0.6 is 0 Å². The Kier molecular flexibility index (Phi) is 4.52. The van der Waals surface area contributed by atoms with Gasteiger partial charge in [-0.3, -0.25) is 4.90 Å². The lowest BCUT2D eigenvalue weighted by Crippen LogP contribution is -2.36. The van der Waals surface area contributed by atoms with Crippen LogP contribution in [0.5, 0.6) is 0 Å². The van der Waals surface area contributed by atoms with E-state index in [2.05, 4.69) is 10.2 Å². The number of hydrogen-bond donors (Lipinski definition) is 2. The third-order valence-corrected chi connectivity index (χ3v) is 4.66. The zero-order valence-electron chi connectivity index (χ0n) is 12.1. The van der Waals surface area contributed by atoms with Crippen molar-refractivity contribution in [1.29, 1.82) is 0 Å². The number of aliphatic hydroxyl groups excluding tert-OH is 1. The molecule has 3 nitrogen and oxygen atoms in total. The second kappa shape index (κ2) is 6.38. The number of nitrogens with one attached hydrogen (secondary N) is 1. The van der Waals surface area contributed by atoms with E-state index < -0.39 is 11.6 Å². The van der Waals surface area contributed by atoms with Gasteiger partial charge in [-0.25, -0.2) is 8.78 Å². The first-order chi connectivity index (χ1) is 10.1. The van der Waals surface area contributed by atoms with E-state index in [9.17, 15) is 13.9 Å². The Bertz CT molecular complexity index is 491. The molecule has 1 aromatic carbocycles. The Hall–Kier alpha value is -1.04. The second-order valence-corrected chi connectivity index (χ2v) is 6.23. The van der Waals surface area contributed by atoms with Crippen molar-refractivity contribution < 1.29 is 13.9 Å². The van der Waals surface area contributed by atoms with Gasteiger partial charge in [0.05, 0.1) is 6.10 Å². The van der Waals surface area contributed by atoms with Crippen molar-refractivity contribution in [3.05, 3.63) is 35.4 Å². The highest BCUT2D eigenvalue weighted by Crippen LogP contribution is 2.34. The number of nitrogens with zero attached hydrogens (tertiary/aromatic N) is 1. The van der Waals surface area contributed by atoms with Crippen LogP contribution in [0.3, 0.4) is 0 Å². The van der Waals surface area contributed by atoms with Gasteiger partial charge < -0.3 is 10.4 Å².